The Bertz CT molecular complexity index is 1020. The van der Waals surface area contributed by atoms with E-state index in [-0.39, 0.29) is 5.82 Å². The van der Waals surface area contributed by atoms with Crippen LogP contribution >= 0.6 is 11.8 Å². The highest BCUT2D eigenvalue weighted by Crippen LogP contribution is 2.44. The van der Waals surface area contributed by atoms with Crippen LogP contribution in [0.5, 0.6) is 0 Å². The largest absolute Gasteiger partial charge is 0.338 e. The summed E-state index contributed by atoms with van der Waals surface area (Å²) in [4.78, 5) is 3.47. The molecule has 2 nitrogen and oxygen atoms in total. The SMILES string of the molecule is CN1C(=CC=Cc2cc[n+](C)c3cc(F)ccc23)Sc2ccccc21. The number of hydrogen-bond acceptors (Lipinski definition) is 2. The first-order chi connectivity index (χ1) is 12.1. The lowest BCUT2D eigenvalue weighted by Crippen LogP contribution is -2.28. The first-order valence-electron chi connectivity index (χ1n) is 8.10. The molecular formula is C21H18FN2S+. The lowest BCUT2D eigenvalue weighted by atomic mass is 10.1. The molecule has 0 aliphatic carbocycles. The highest BCUT2D eigenvalue weighted by molar-refractivity contribution is 8.03. The van der Waals surface area contributed by atoms with E-state index in [9.17, 15) is 4.39 Å². The fourth-order valence-corrected chi connectivity index (χ4v) is 4.11. The fourth-order valence-electron chi connectivity index (χ4n) is 3.05. The minimum Gasteiger partial charge on any atom is -0.338 e. The number of halogens is 1. The maximum Gasteiger partial charge on any atom is 0.215 e. The highest BCUT2D eigenvalue weighted by Gasteiger charge is 2.20. The van der Waals surface area contributed by atoms with Crippen molar-refractivity contribution in [1.82, 2.24) is 0 Å². The van der Waals surface area contributed by atoms with Gasteiger partial charge in [-0.1, -0.05) is 36.0 Å². The number of aromatic nitrogens is 1. The van der Waals surface area contributed by atoms with Crippen molar-refractivity contribution in [3.8, 4) is 0 Å². The molecule has 1 aliphatic rings. The molecule has 4 rings (SSSR count). The van der Waals surface area contributed by atoms with E-state index in [0.29, 0.717) is 0 Å². The number of pyridine rings is 1. The molecule has 0 radical (unpaired) electrons. The smallest absolute Gasteiger partial charge is 0.215 e. The summed E-state index contributed by atoms with van der Waals surface area (Å²) in [6.07, 6.45) is 8.21. The van der Waals surface area contributed by atoms with Crippen molar-refractivity contribution in [3.05, 3.63) is 83.3 Å². The van der Waals surface area contributed by atoms with Crippen LogP contribution < -0.4 is 9.47 Å². The van der Waals surface area contributed by atoms with Crippen LogP contribution in [0.15, 0.2) is 76.8 Å². The van der Waals surface area contributed by atoms with Gasteiger partial charge in [-0.2, -0.15) is 0 Å². The van der Waals surface area contributed by atoms with E-state index < -0.39 is 0 Å². The van der Waals surface area contributed by atoms with Crippen molar-refractivity contribution in [2.24, 2.45) is 7.05 Å². The second-order valence-electron chi connectivity index (χ2n) is 6.04. The Morgan fingerprint density at radius 2 is 1.96 bits per heavy atom. The van der Waals surface area contributed by atoms with Gasteiger partial charge < -0.3 is 4.90 Å². The molecule has 0 atom stereocenters. The molecule has 0 fully saturated rings. The van der Waals surface area contributed by atoms with E-state index in [2.05, 4.69) is 60.5 Å². The number of benzene rings is 2. The molecule has 124 valence electrons. The second kappa shape index (κ2) is 6.37. The predicted molar refractivity (Wildman–Crippen MR) is 103 cm³/mol. The molecular weight excluding hydrogens is 331 g/mol. The molecule has 2 aromatic carbocycles. The Hall–Kier alpha value is -2.59. The normalized spacial score (nSPS) is 15.5. The van der Waals surface area contributed by atoms with Crippen LogP contribution in [0.25, 0.3) is 17.0 Å². The number of para-hydroxylation sites is 1. The summed E-state index contributed by atoms with van der Waals surface area (Å²) >= 11 is 1.77. The van der Waals surface area contributed by atoms with Gasteiger partial charge in [0.2, 0.25) is 5.52 Å². The number of anilines is 1. The zero-order valence-electron chi connectivity index (χ0n) is 14.1. The fraction of sp³-hybridized carbons (Fsp3) is 0.0952. The molecule has 25 heavy (non-hydrogen) atoms. The van der Waals surface area contributed by atoms with Gasteiger partial charge in [-0.15, -0.1) is 0 Å². The van der Waals surface area contributed by atoms with Gasteiger partial charge in [-0.05, 0) is 35.9 Å². The molecule has 0 saturated carbocycles. The van der Waals surface area contributed by atoms with Crippen molar-refractivity contribution in [2.75, 3.05) is 11.9 Å². The van der Waals surface area contributed by atoms with Gasteiger partial charge in [-0.25, -0.2) is 8.96 Å². The zero-order chi connectivity index (χ0) is 17.4. The molecule has 0 spiro atoms. The van der Waals surface area contributed by atoms with Crippen LogP contribution in [0, 0.1) is 5.82 Å². The molecule has 4 heteroatoms. The zero-order valence-corrected chi connectivity index (χ0v) is 14.9. The quantitative estimate of drug-likeness (QED) is 0.608. The van der Waals surface area contributed by atoms with Crippen LogP contribution in [-0.4, -0.2) is 7.05 Å². The first-order valence-corrected chi connectivity index (χ1v) is 8.92. The Kier molecular flexibility index (Phi) is 4.06. The summed E-state index contributed by atoms with van der Waals surface area (Å²) < 4.78 is 15.5. The van der Waals surface area contributed by atoms with Gasteiger partial charge in [-0.3, -0.25) is 0 Å². The van der Waals surface area contributed by atoms with Gasteiger partial charge in [0.05, 0.1) is 16.1 Å². The third-order valence-electron chi connectivity index (χ3n) is 4.41. The Balaban J connectivity index is 1.66. The van der Waals surface area contributed by atoms with Gasteiger partial charge in [0, 0.05) is 24.1 Å². The number of fused-ring (bicyclic) bond motifs is 2. The average Bonchev–Trinajstić information content (AvgIpc) is 2.94. The lowest BCUT2D eigenvalue weighted by molar-refractivity contribution is -0.644. The molecule has 0 unspecified atom stereocenters. The van der Waals surface area contributed by atoms with Gasteiger partial charge in [0.15, 0.2) is 6.20 Å². The maximum absolute atomic E-state index is 13.5. The van der Waals surface area contributed by atoms with Crippen molar-refractivity contribution in [2.45, 2.75) is 4.90 Å². The minimum atomic E-state index is -0.215. The molecule has 0 saturated heterocycles. The molecule has 0 N–H and O–H groups in total. The van der Waals surface area contributed by atoms with E-state index in [1.165, 1.54) is 21.7 Å². The van der Waals surface area contributed by atoms with Crippen molar-refractivity contribution >= 4 is 34.4 Å². The lowest BCUT2D eigenvalue weighted by Gasteiger charge is -2.12. The average molecular weight is 349 g/mol. The first kappa shape index (κ1) is 15.9. The third kappa shape index (κ3) is 2.94. The van der Waals surface area contributed by atoms with Crippen molar-refractivity contribution in [1.29, 1.82) is 0 Å². The minimum absolute atomic E-state index is 0.215. The molecule has 2 heterocycles. The number of hydrogen-bond donors (Lipinski definition) is 0. The Labute approximate surface area is 150 Å². The summed E-state index contributed by atoms with van der Waals surface area (Å²) in [6.45, 7) is 0. The number of allylic oxidation sites excluding steroid dienone is 2. The number of nitrogens with zero attached hydrogens (tertiary/aromatic N) is 2. The summed E-state index contributed by atoms with van der Waals surface area (Å²) in [5.41, 5.74) is 3.20. The van der Waals surface area contributed by atoms with Gasteiger partial charge in [0.1, 0.15) is 12.9 Å². The molecule has 0 amide bonds. The Morgan fingerprint density at radius 3 is 2.80 bits per heavy atom. The topological polar surface area (TPSA) is 7.12 Å². The Morgan fingerprint density at radius 1 is 1.12 bits per heavy atom. The highest BCUT2D eigenvalue weighted by atomic mass is 32.2. The third-order valence-corrected chi connectivity index (χ3v) is 5.60. The summed E-state index contributed by atoms with van der Waals surface area (Å²) in [6, 6.07) is 15.4. The monoisotopic (exact) mass is 349 g/mol. The summed E-state index contributed by atoms with van der Waals surface area (Å²) in [7, 11) is 4.01. The van der Waals surface area contributed by atoms with Crippen molar-refractivity contribution in [3.63, 3.8) is 0 Å². The van der Waals surface area contributed by atoms with E-state index in [1.54, 1.807) is 17.8 Å². The molecule has 1 aromatic heterocycles. The summed E-state index contributed by atoms with van der Waals surface area (Å²) in [5.74, 6) is -0.215. The van der Waals surface area contributed by atoms with Crippen molar-refractivity contribution < 1.29 is 8.96 Å². The van der Waals surface area contributed by atoms with Gasteiger partial charge in [0.25, 0.3) is 0 Å². The summed E-state index contributed by atoms with van der Waals surface area (Å²) in [5, 5.41) is 2.23. The van der Waals surface area contributed by atoms with Crippen LogP contribution in [0.4, 0.5) is 10.1 Å². The number of aryl methyl sites for hydroxylation is 1. The van der Waals surface area contributed by atoms with Crippen LogP contribution in [-0.2, 0) is 7.05 Å². The number of thioether (sulfide) groups is 1. The van der Waals surface area contributed by atoms with E-state index in [1.807, 2.05) is 23.9 Å². The number of rotatable bonds is 2. The van der Waals surface area contributed by atoms with E-state index in [4.69, 9.17) is 0 Å². The van der Waals surface area contributed by atoms with E-state index in [0.717, 1.165) is 16.5 Å². The van der Waals surface area contributed by atoms with Crippen LogP contribution in [0.2, 0.25) is 0 Å². The molecule has 1 aliphatic heterocycles. The predicted octanol–water partition coefficient (Wildman–Crippen LogP) is 4.90. The van der Waals surface area contributed by atoms with Crippen LogP contribution in [0.3, 0.4) is 0 Å². The second-order valence-corrected chi connectivity index (χ2v) is 7.10. The molecule has 0 bridgehead atoms. The molecule has 3 aromatic rings. The maximum atomic E-state index is 13.5. The standard InChI is InChI=1S/C21H18FN2S/c1-23-13-12-15(17-11-10-16(22)14-19(17)23)6-5-9-21-24(2)18-7-3-4-8-20(18)25-21/h3-14H,1-2H3/q+1. The van der Waals surface area contributed by atoms with Gasteiger partial charge >= 0.3 is 0 Å². The van der Waals surface area contributed by atoms with Crippen LogP contribution in [0.1, 0.15) is 5.56 Å². The van der Waals surface area contributed by atoms with E-state index >= 15 is 0 Å².